The minimum Gasteiger partial charge on any atom is -0.489 e. The van der Waals surface area contributed by atoms with Crippen molar-refractivity contribution >= 4 is 5.71 Å². The Morgan fingerprint density at radius 2 is 1.89 bits per heavy atom. The molecule has 0 aromatic heterocycles. The Hall–Kier alpha value is -2.29. The van der Waals surface area contributed by atoms with Gasteiger partial charge in [-0.25, -0.2) is 0 Å². The van der Waals surface area contributed by atoms with Gasteiger partial charge in [0.05, 0.1) is 5.71 Å². The molecular formula is C16H17NO2. The minimum atomic E-state index is 0.550. The molecule has 3 nitrogen and oxygen atoms in total. The van der Waals surface area contributed by atoms with Crippen LogP contribution >= 0.6 is 0 Å². The van der Waals surface area contributed by atoms with E-state index in [0.29, 0.717) is 12.3 Å². The number of hydrogen-bond donors (Lipinski definition) is 1. The van der Waals surface area contributed by atoms with Crippen molar-refractivity contribution in [3.63, 3.8) is 0 Å². The summed E-state index contributed by atoms with van der Waals surface area (Å²) in [6, 6.07) is 15.7. The summed E-state index contributed by atoms with van der Waals surface area (Å²) in [5.74, 6) is 0.802. The summed E-state index contributed by atoms with van der Waals surface area (Å²) in [7, 11) is 0. The Balaban J connectivity index is 2.00. The van der Waals surface area contributed by atoms with E-state index in [1.807, 2.05) is 36.4 Å². The number of oxime groups is 1. The molecule has 98 valence electrons. The maximum Gasteiger partial charge on any atom is 0.119 e. The van der Waals surface area contributed by atoms with Gasteiger partial charge in [-0.2, -0.15) is 0 Å². The maximum atomic E-state index is 8.69. The summed E-state index contributed by atoms with van der Waals surface area (Å²) in [6.07, 6.45) is 0. The van der Waals surface area contributed by atoms with Crippen molar-refractivity contribution in [2.24, 2.45) is 5.16 Å². The van der Waals surface area contributed by atoms with Gasteiger partial charge in [0.2, 0.25) is 0 Å². The van der Waals surface area contributed by atoms with Gasteiger partial charge in [0, 0.05) is 0 Å². The highest BCUT2D eigenvalue weighted by Gasteiger charge is 2.00. The number of nitrogens with zero attached hydrogens (tertiary/aromatic N) is 1. The summed E-state index contributed by atoms with van der Waals surface area (Å²) >= 11 is 0. The molecule has 2 aromatic carbocycles. The number of rotatable bonds is 4. The van der Waals surface area contributed by atoms with E-state index >= 15 is 0 Å². The number of ether oxygens (including phenoxy) is 1. The van der Waals surface area contributed by atoms with Gasteiger partial charge in [-0.1, -0.05) is 35.0 Å². The molecule has 2 aromatic rings. The van der Waals surface area contributed by atoms with Crippen molar-refractivity contribution in [3.8, 4) is 5.75 Å². The van der Waals surface area contributed by atoms with Crippen LogP contribution in [0.3, 0.4) is 0 Å². The van der Waals surface area contributed by atoms with Gasteiger partial charge in [0.1, 0.15) is 12.4 Å². The molecule has 0 bridgehead atoms. The highest BCUT2D eigenvalue weighted by atomic mass is 16.5. The number of hydrogen-bond acceptors (Lipinski definition) is 3. The standard InChI is InChI=1S/C16H17NO2/c1-12-4-3-5-14(10-12)11-19-16-8-6-15(7-9-16)13(2)17-18/h3-10,18H,11H2,1-2H3. The van der Waals surface area contributed by atoms with Gasteiger partial charge in [-0.05, 0) is 49.2 Å². The van der Waals surface area contributed by atoms with Crippen LogP contribution in [-0.4, -0.2) is 10.9 Å². The van der Waals surface area contributed by atoms with Crippen LogP contribution in [0.1, 0.15) is 23.6 Å². The van der Waals surface area contributed by atoms with Crippen LogP contribution in [0.2, 0.25) is 0 Å². The van der Waals surface area contributed by atoms with E-state index in [1.54, 1.807) is 6.92 Å². The van der Waals surface area contributed by atoms with Gasteiger partial charge >= 0.3 is 0 Å². The quantitative estimate of drug-likeness (QED) is 0.513. The largest absolute Gasteiger partial charge is 0.489 e. The molecule has 1 N–H and O–H groups in total. The second-order valence-electron chi connectivity index (χ2n) is 4.49. The molecule has 0 fully saturated rings. The molecule has 3 heteroatoms. The topological polar surface area (TPSA) is 41.8 Å². The molecule has 0 amide bonds. The first kappa shape index (κ1) is 13.1. The Labute approximate surface area is 113 Å². The summed E-state index contributed by atoms with van der Waals surface area (Å²) in [5, 5.41) is 11.9. The number of aryl methyl sites for hydroxylation is 1. The summed E-state index contributed by atoms with van der Waals surface area (Å²) in [5.41, 5.74) is 3.85. The average molecular weight is 255 g/mol. The lowest BCUT2D eigenvalue weighted by Gasteiger charge is -2.07. The molecule has 0 saturated carbocycles. The zero-order chi connectivity index (χ0) is 13.7. The van der Waals surface area contributed by atoms with Crippen LogP contribution in [-0.2, 0) is 6.61 Å². The molecule has 0 aliphatic heterocycles. The monoisotopic (exact) mass is 255 g/mol. The van der Waals surface area contributed by atoms with Crippen molar-refractivity contribution in [1.29, 1.82) is 0 Å². The first-order valence-corrected chi connectivity index (χ1v) is 6.16. The van der Waals surface area contributed by atoms with Crippen LogP contribution in [0.5, 0.6) is 5.75 Å². The second kappa shape index (κ2) is 6.05. The van der Waals surface area contributed by atoms with Crippen LogP contribution in [0, 0.1) is 6.92 Å². The van der Waals surface area contributed by atoms with Gasteiger partial charge in [-0.3, -0.25) is 0 Å². The fraction of sp³-hybridized carbons (Fsp3) is 0.188. The van der Waals surface area contributed by atoms with Gasteiger partial charge in [0.15, 0.2) is 0 Å². The zero-order valence-electron chi connectivity index (χ0n) is 11.1. The van der Waals surface area contributed by atoms with E-state index in [0.717, 1.165) is 16.9 Å². The van der Waals surface area contributed by atoms with Crippen molar-refractivity contribution in [3.05, 3.63) is 65.2 Å². The van der Waals surface area contributed by atoms with Gasteiger partial charge in [0.25, 0.3) is 0 Å². The van der Waals surface area contributed by atoms with Crippen molar-refractivity contribution in [2.75, 3.05) is 0 Å². The Morgan fingerprint density at radius 3 is 2.53 bits per heavy atom. The second-order valence-corrected chi connectivity index (χ2v) is 4.49. The first-order chi connectivity index (χ1) is 9.19. The molecule has 0 unspecified atom stereocenters. The van der Waals surface area contributed by atoms with E-state index in [9.17, 15) is 0 Å². The van der Waals surface area contributed by atoms with Crippen LogP contribution in [0.4, 0.5) is 0 Å². The van der Waals surface area contributed by atoms with Gasteiger partial charge in [-0.15, -0.1) is 0 Å². The minimum absolute atomic E-state index is 0.550. The first-order valence-electron chi connectivity index (χ1n) is 6.16. The fourth-order valence-corrected chi connectivity index (χ4v) is 1.82. The molecule has 0 saturated heterocycles. The van der Waals surface area contributed by atoms with E-state index in [-0.39, 0.29) is 0 Å². The van der Waals surface area contributed by atoms with Gasteiger partial charge < -0.3 is 9.94 Å². The molecule has 2 rings (SSSR count). The lowest BCUT2D eigenvalue weighted by atomic mass is 10.1. The summed E-state index contributed by atoms with van der Waals surface area (Å²) < 4.78 is 5.71. The molecule has 19 heavy (non-hydrogen) atoms. The molecule has 0 heterocycles. The predicted molar refractivity (Wildman–Crippen MR) is 76.0 cm³/mol. The predicted octanol–water partition coefficient (Wildman–Crippen LogP) is 3.77. The molecule has 0 aliphatic rings. The number of benzene rings is 2. The van der Waals surface area contributed by atoms with E-state index in [2.05, 4.69) is 24.2 Å². The smallest absolute Gasteiger partial charge is 0.119 e. The van der Waals surface area contributed by atoms with Crippen molar-refractivity contribution in [2.45, 2.75) is 20.5 Å². The van der Waals surface area contributed by atoms with Crippen molar-refractivity contribution < 1.29 is 9.94 Å². The third kappa shape index (κ3) is 3.58. The maximum absolute atomic E-state index is 8.69. The Kier molecular flexibility index (Phi) is 4.18. The molecule has 0 atom stereocenters. The molecular weight excluding hydrogens is 238 g/mol. The zero-order valence-corrected chi connectivity index (χ0v) is 11.1. The lowest BCUT2D eigenvalue weighted by molar-refractivity contribution is 0.306. The van der Waals surface area contributed by atoms with Crippen molar-refractivity contribution in [1.82, 2.24) is 0 Å². The fourth-order valence-electron chi connectivity index (χ4n) is 1.82. The third-order valence-electron chi connectivity index (χ3n) is 2.91. The van der Waals surface area contributed by atoms with E-state index in [1.165, 1.54) is 5.56 Å². The summed E-state index contributed by atoms with van der Waals surface area (Å²) in [4.78, 5) is 0. The Bertz CT molecular complexity index is 574. The molecule has 0 spiro atoms. The summed E-state index contributed by atoms with van der Waals surface area (Å²) in [6.45, 7) is 4.37. The van der Waals surface area contributed by atoms with E-state index in [4.69, 9.17) is 9.94 Å². The molecule has 0 radical (unpaired) electrons. The highest BCUT2D eigenvalue weighted by molar-refractivity contribution is 5.98. The Morgan fingerprint density at radius 1 is 1.16 bits per heavy atom. The average Bonchev–Trinajstić information content (AvgIpc) is 2.45. The van der Waals surface area contributed by atoms with Crippen LogP contribution < -0.4 is 4.74 Å². The SMILES string of the molecule is CC(=NO)c1ccc(OCc2cccc(C)c2)cc1. The molecule has 0 aliphatic carbocycles. The lowest BCUT2D eigenvalue weighted by Crippen LogP contribution is -1.97. The normalized spacial score (nSPS) is 11.4. The third-order valence-corrected chi connectivity index (χ3v) is 2.91. The van der Waals surface area contributed by atoms with Crippen LogP contribution in [0.15, 0.2) is 53.7 Å². The highest BCUT2D eigenvalue weighted by Crippen LogP contribution is 2.15. The van der Waals surface area contributed by atoms with Crippen LogP contribution in [0.25, 0.3) is 0 Å². The van der Waals surface area contributed by atoms with E-state index < -0.39 is 0 Å².